The molecule has 1 N–H and O–H groups in total. The highest BCUT2D eigenvalue weighted by Crippen LogP contribution is 2.21. The topological polar surface area (TPSA) is 24.9 Å². The van der Waals surface area contributed by atoms with Crippen LogP contribution in [0.2, 0.25) is 0 Å². The van der Waals surface area contributed by atoms with Gasteiger partial charge in [0.1, 0.15) is 5.01 Å². The van der Waals surface area contributed by atoms with E-state index in [1.807, 2.05) is 6.92 Å². The normalized spacial score (nSPS) is 12.9. The van der Waals surface area contributed by atoms with Crippen LogP contribution in [0.4, 0.5) is 0 Å². The van der Waals surface area contributed by atoms with Crippen molar-refractivity contribution in [2.24, 2.45) is 0 Å². The van der Waals surface area contributed by atoms with Crippen molar-refractivity contribution in [2.75, 3.05) is 0 Å². The van der Waals surface area contributed by atoms with Crippen LogP contribution in [0.15, 0.2) is 22.2 Å². The van der Waals surface area contributed by atoms with E-state index >= 15 is 0 Å². The molecule has 0 amide bonds. The third-order valence-corrected chi connectivity index (χ3v) is 4.28. The van der Waals surface area contributed by atoms with Crippen molar-refractivity contribution in [3.8, 4) is 0 Å². The fourth-order valence-electron chi connectivity index (χ4n) is 1.57. The largest absolute Gasteiger partial charge is 0.304 e. The molecule has 0 aliphatic heterocycles. The second-order valence-corrected chi connectivity index (χ2v) is 5.47. The number of nitrogens with one attached hydrogen (secondary N) is 1. The summed E-state index contributed by atoms with van der Waals surface area (Å²) >= 11 is 3.49. The molecule has 0 aliphatic carbocycles. The van der Waals surface area contributed by atoms with Gasteiger partial charge in [0.2, 0.25) is 0 Å². The lowest BCUT2D eigenvalue weighted by Crippen LogP contribution is -2.19. The molecule has 2 aromatic rings. The average Bonchev–Trinajstić information content (AvgIpc) is 2.91. The van der Waals surface area contributed by atoms with Gasteiger partial charge in [-0.25, -0.2) is 4.98 Å². The lowest BCUT2D eigenvalue weighted by atomic mass is 10.2. The Bertz CT molecular complexity index is 420. The molecule has 4 heteroatoms. The number of rotatable bonds is 5. The zero-order valence-corrected chi connectivity index (χ0v) is 11.2. The van der Waals surface area contributed by atoms with Gasteiger partial charge >= 0.3 is 0 Å². The molecule has 1 atom stereocenters. The molecule has 0 saturated heterocycles. The fourth-order valence-corrected chi connectivity index (χ4v) is 3.20. The van der Waals surface area contributed by atoms with Gasteiger partial charge in [0, 0.05) is 17.6 Å². The van der Waals surface area contributed by atoms with Crippen molar-refractivity contribution in [1.29, 1.82) is 0 Å². The van der Waals surface area contributed by atoms with Crippen molar-refractivity contribution in [3.05, 3.63) is 38.5 Å². The second kappa shape index (κ2) is 5.57. The average molecular weight is 252 g/mol. The van der Waals surface area contributed by atoms with E-state index in [2.05, 4.69) is 39.4 Å². The van der Waals surface area contributed by atoms with Gasteiger partial charge in [-0.1, -0.05) is 6.92 Å². The smallest absolute Gasteiger partial charge is 0.110 e. The maximum atomic E-state index is 4.54. The first-order valence-electron chi connectivity index (χ1n) is 5.46. The Morgan fingerprint density at radius 2 is 2.31 bits per heavy atom. The van der Waals surface area contributed by atoms with Crippen molar-refractivity contribution < 1.29 is 0 Å². The zero-order valence-electron chi connectivity index (χ0n) is 9.56. The van der Waals surface area contributed by atoms with Crippen LogP contribution in [0.5, 0.6) is 0 Å². The number of aryl methyl sites for hydroxylation is 1. The Labute approximate surface area is 104 Å². The summed E-state index contributed by atoms with van der Waals surface area (Å²) in [4.78, 5) is 4.54. The summed E-state index contributed by atoms with van der Waals surface area (Å²) < 4.78 is 0. The quantitative estimate of drug-likeness (QED) is 0.876. The van der Waals surface area contributed by atoms with Gasteiger partial charge < -0.3 is 5.32 Å². The third kappa shape index (κ3) is 2.90. The molecule has 0 fully saturated rings. The molecule has 2 heterocycles. The van der Waals surface area contributed by atoms with Gasteiger partial charge in [0.25, 0.3) is 0 Å². The van der Waals surface area contributed by atoms with E-state index in [9.17, 15) is 0 Å². The molecule has 16 heavy (non-hydrogen) atoms. The molecule has 0 saturated carbocycles. The number of aromatic nitrogens is 1. The van der Waals surface area contributed by atoms with Crippen molar-refractivity contribution >= 4 is 22.7 Å². The summed E-state index contributed by atoms with van der Waals surface area (Å²) in [5.41, 5.74) is 2.48. The monoisotopic (exact) mass is 252 g/mol. The minimum absolute atomic E-state index is 0.388. The Balaban J connectivity index is 1.96. The highest BCUT2D eigenvalue weighted by Gasteiger charge is 2.12. The maximum Gasteiger partial charge on any atom is 0.110 e. The summed E-state index contributed by atoms with van der Waals surface area (Å²) in [6.07, 6.45) is 1.08. The first-order valence-corrected chi connectivity index (χ1v) is 7.28. The predicted molar refractivity (Wildman–Crippen MR) is 71.0 cm³/mol. The Kier molecular flexibility index (Phi) is 4.09. The van der Waals surface area contributed by atoms with E-state index in [4.69, 9.17) is 0 Å². The zero-order chi connectivity index (χ0) is 11.4. The number of hydrogen-bond acceptors (Lipinski definition) is 4. The van der Waals surface area contributed by atoms with Gasteiger partial charge in [-0.2, -0.15) is 11.3 Å². The maximum absolute atomic E-state index is 4.54. The third-order valence-electron chi connectivity index (χ3n) is 2.48. The molecule has 1 unspecified atom stereocenters. The molecule has 2 aromatic heterocycles. The van der Waals surface area contributed by atoms with E-state index in [0.717, 1.165) is 18.7 Å². The van der Waals surface area contributed by atoms with Crippen molar-refractivity contribution in [2.45, 2.75) is 32.9 Å². The summed E-state index contributed by atoms with van der Waals surface area (Å²) in [5, 5.41) is 11.2. The van der Waals surface area contributed by atoms with Crippen LogP contribution in [0.3, 0.4) is 0 Å². The lowest BCUT2D eigenvalue weighted by molar-refractivity contribution is 0.516. The predicted octanol–water partition coefficient (Wildman–Crippen LogP) is 3.75. The number of thiophene rings is 1. The summed E-state index contributed by atoms with van der Waals surface area (Å²) in [5.74, 6) is 0. The molecule has 0 radical (unpaired) electrons. The molecule has 2 nitrogen and oxygen atoms in total. The molecule has 0 aliphatic rings. The van der Waals surface area contributed by atoms with Gasteiger partial charge in [0.15, 0.2) is 0 Å². The van der Waals surface area contributed by atoms with Crippen LogP contribution >= 0.6 is 22.7 Å². The summed E-state index contributed by atoms with van der Waals surface area (Å²) in [6, 6.07) is 2.55. The first-order chi connectivity index (χ1) is 7.79. The first kappa shape index (κ1) is 11.8. The van der Waals surface area contributed by atoms with Gasteiger partial charge in [0.05, 0.1) is 6.04 Å². The highest BCUT2D eigenvalue weighted by atomic mass is 32.1. The van der Waals surface area contributed by atoms with Crippen LogP contribution in [-0.4, -0.2) is 4.98 Å². The summed E-state index contributed by atoms with van der Waals surface area (Å²) in [6.45, 7) is 5.17. The van der Waals surface area contributed by atoms with E-state index in [-0.39, 0.29) is 0 Å². The van der Waals surface area contributed by atoms with Gasteiger partial charge in [-0.15, -0.1) is 11.3 Å². The molecule has 86 valence electrons. The van der Waals surface area contributed by atoms with E-state index in [1.165, 1.54) is 10.6 Å². The highest BCUT2D eigenvalue weighted by molar-refractivity contribution is 7.09. The lowest BCUT2D eigenvalue weighted by Gasteiger charge is -2.13. The molecular formula is C12H16N2S2. The van der Waals surface area contributed by atoms with Crippen molar-refractivity contribution in [1.82, 2.24) is 10.3 Å². The summed E-state index contributed by atoms with van der Waals surface area (Å²) in [7, 11) is 0. The van der Waals surface area contributed by atoms with Crippen LogP contribution in [0.25, 0.3) is 0 Å². The second-order valence-electron chi connectivity index (χ2n) is 3.80. The molecular weight excluding hydrogens is 236 g/mol. The Hall–Kier alpha value is -0.710. The molecule has 2 rings (SSSR count). The number of thiazole rings is 1. The van der Waals surface area contributed by atoms with Crippen LogP contribution in [0.1, 0.15) is 35.7 Å². The molecule has 0 spiro atoms. The Morgan fingerprint density at radius 3 is 2.88 bits per heavy atom. The molecule has 0 aromatic carbocycles. The van der Waals surface area contributed by atoms with Crippen LogP contribution < -0.4 is 5.32 Å². The van der Waals surface area contributed by atoms with Crippen molar-refractivity contribution in [3.63, 3.8) is 0 Å². The minimum atomic E-state index is 0.388. The number of hydrogen-bond donors (Lipinski definition) is 1. The van der Waals surface area contributed by atoms with E-state index in [0.29, 0.717) is 6.04 Å². The fraction of sp³-hybridized carbons (Fsp3) is 0.417. The van der Waals surface area contributed by atoms with Gasteiger partial charge in [-0.3, -0.25) is 0 Å². The van der Waals surface area contributed by atoms with E-state index < -0.39 is 0 Å². The SMILES string of the molecule is CCC(NCc1ccsc1)c1nc(C)cs1. The minimum Gasteiger partial charge on any atom is -0.304 e. The van der Waals surface area contributed by atoms with Gasteiger partial charge in [-0.05, 0) is 35.7 Å². The molecule has 0 bridgehead atoms. The van der Waals surface area contributed by atoms with E-state index in [1.54, 1.807) is 22.7 Å². The standard InChI is InChI=1S/C12H16N2S2/c1-3-11(12-14-9(2)7-16-12)13-6-10-4-5-15-8-10/h4-5,7-8,11,13H,3,6H2,1-2H3. The van der Waals surface area contributed by atoms with Crippen LogP contribution in [0, 0.1) is 6.92 Å². The van der Waals surface area contributed by atoms with Crippen LogP contribution in [-0.2, 0) is 6.54 Å². The Morgan fingerprint density at radius 1 is 1.44 bits per heavy atom. The number of nitrogens with zero attached hydrogens (tertiary/aromatic N) is 1.